The third-order valence-corrected chi connectivity index (χ3v) is 2.78. The highest BCUT2D eigenvalue weighted by molar-refractivity contribution is 5.91. The molecule has 1 amide bonds. The topological polar surface area (TPSA) is 55.1 Å². The molecule has 0 saturated heterocycles. The number of benzene rings is 1. The first-order valence-corrected chi connectivity index (χ1v) is 6.20. The van der Waals surface area contributed by atoms with Crippen molar-refractivity contribution in [3.63, 3.8) is 0 Å². The Hall–Kier alpha value is -1.35. The molecule has 0 bridgehead atoms. The Morgan fingerprint density at radius 3 is 2.71 bits per heavy atom. The molecule has 0 heterocycles. The average molecular weight is 234 g/mol. The quantitative estimate of drug-likeness (QED) is 0.744. The van der Waals surface area contributed by atoms with E-state index in [4.69, 9.17) is 5.73 Å². The van der Waals surface area contributed by atoms with E-state index in [0.717, 1.165) is 36.1 Å². The van der Waals surface area contributed by atoms with E-state index in [0.29, 0.717) is 13.0 Å². The molecule has 0 atom stereocenters. The summed E-state index contributed by atoms with van der Waals surface area (Å²) < 4.78 is 0. The second-order valence-corrected chi connectivity index (χ2v) is 4.47. The van der Waals surface area contributed by atoms with Gasteiger partial charge in [0, 0.05) is 12.1 Å². The number of carbonyl (C=O) groups is 1. The lowest BCUT2D eigenvalue weighted by molar-refractivity contribution is -0.116. The lowest BCUT2D eigenvalue weighted by atomic mass is 10.1. The molecule has 0 aliphatic carbocycles. The molecular formula is C14H22N2O. The summed E-state index contributed by atoms with van der Waals surface area (Å²) in [4.78, 5) is 11.7. The van der Waals surface area contributed by atoms with Crippen molar-refractivity contribution in [3.05, 3.63) is 29.3 Å². The molecule has 0 unspecified atom stereocenters. The van der Waals surface area contributed by atoms with Crippen molar-refractivity contribution in [2.24, 2.45) is 5.73 Å². The van der Waals surface area contributed by atoms with Crippen molar-refractivity contribution in [1.82, 2.24) is 0 Å². The van der Waals surface area contributed by atoms with Crippen LogP contribution in [0.25, 0.3) is 0 Å². The monoisotopic (exact) mass is 234 g/mol. The number of carbonyl (C=O) groups excluding carboxylic acids is 1. The summed E-state index contributed by atoms with van der Waals surface area (Å²) in [5.41, 5.74) is 8.59. The number of anilines is 1. The fraction of sp³-hybridized carbons (Fsp3) is 0.500. The molecule has 0 aromatic heterocycles. The number of nitrogens with one attached hydrogen (secondary N) is 1. The van der Waals surface area contributed by atoms with Crippen molar-refractivity contribution in [2.45, 2.75) is 39.5 Å². The van der Waals surface area contributed by atoms with E-state index < -0.39 is 0 Å². The molecule has 1 aromatic rings. The van der Waals surface area contributed by atoms with Crippen LogP contribution in [-0.4, -0.2) is 12.5 Å². The van der Waals surface area contributed by atoms with E-state index in [9.17, 15) is 4.79 Å². The molecule has 0 aliphatic rings. The molecule has 0 radical (unpaired) electrons. The van der Waals surface area contributed by atoms with Gasteiger partial charge in [0.25, 0.3) is 0 Å². The zero-order valence-electron chi connectivity index (χ0n) is 10.8. The van der Waals surface area contributed by atoms with Gasteiger partial charge in [-0.2, -0.15) is 0 Å². The third kappa shape index (κ3) is 5.00. The van der Waals surface area contributed by atoms with Crippen molar-refractivity contribution in [2.75, 3.05) is 11.9 Å². The fourth-order valence-electron chi connectivity index (χ4n) is 1.69. The van der Waals surface area contributed by atoms with E-state index in [-0.39, 0.29) is 5.91 Å². The van der Waals surface area contributed by atoms with Crippen LogP contribution < -0.4 is 11.1 Å². The summed E-state index contributed by atoms with van der Waals surface area (Å²) in [5, 5.41) is 2.96. The second kappa shape index (κ2) is 7.07. The van der Waals surface area contributed by atoms with Crippen LogP contribution in [0.2, 0.25) is 0 Å². The van der Waals surface area contributed by atoms with Crippen LogP contribution in [0.15, 0.2) is 18.2 Å². The maximum Gasteiger partial charge on any atom is 0.224 e. The van der Waals surface area contributed by atoms with Crippen LogP contribution in [0.3, 0.4) is 0 Å². The molecule has 94 valence electrons. The minimum absolute atomic E-state index is 0.0933. The summed E-state index contributed by atoms with van der Waals surface area (Å²) in [6.07, 6.45) is 3.51. The number of hydrogen-bond acceptors (Lipinski definition) is 2. The van der Waals surface area contributed by atoms with Gasteiger partial charge in [0.1, 0.15) is 0 Å². The molecule has 3 N–H and O–H groups in total. The van der Waals surface area contributed by atoms with Gasteiger partial charge >= 0.3 is 0 Å². The minimum atomic E-state index is 0.0933. The van der Waals surface area contributed by atoms with Gasteiger partial charge in [0.2, 0.25) is 5.91 Å². The maximum absolute atomic E-state index is 11.7. The van der Waals surface area contributed by atoms with Crippen LogP contribution in [-0.2, 0) is 4.79 Å². The van der Waals surface area contributed by atoms with E-state index >= 15 is 0 Å². The van der Waals surface area contributed by atoms with E-state index in [1.165, 1.54) is 0 Å². The van der Waals surface area contributed by atoms with Crippen LogP contribution in [0.4, 0.5) is 5.69 Å². The maximum atomic E-state index is 11.7. The molecule has 3 nitrogen and oxygen atoms in total. The van der Waals surface area contributed by atoms with Gasteiger partial charge in [-0.25, -0.2) is 0 Å². The van der Waals surface area contributed by atoms with Crippen molar-refractivity contribution < 1.29 is 4.79 Å². The van der Waals surface area contributed by atoms with Gasteiger partial charge in [-0.1, -0.05) is 18.6 Å². The summed E-state index contributed by atoms with van der Waals surface area (Å²) in [6, 6.07) is 6.08. The van der Waals surface area contributed by atoms with Crippen LogP contribution in [0.1, 0.15) is 36.8 Å². The Labute approximate surface area is 103 Å². The number of unbranched alkanes of at least 4 members (excludes halogenated alkanes) is 2. The number of nitrogens with two attached hydrogens (primary N) is 1. The first kappa shape index (κ1) is 13.7. The van der Waals surface area contributed by atoms with Gasteiger partial charge in [-0.15, -0.1) is 0 Å². The summed E-state index contributed by atoms with van der Waals surface area (Å²) in [5.74, 6) is 0.0933. The second-order valence-electron chi connectivity index (χ2n) is 4.47. The molecule has 0 fully saturated rings. The van der Waals surface area contributed by atoms with Crippen LogP contribution >= 0.6 is 0 Å². The van der Waals surface area contributed by atoms with Crippen LogP contribution in [0.5, 0.6) is 0 Å². The van der Waals surface area contributed by atoms with Gasteiger partial charge in [0.15, 0.2) is 0 Å². The lowest BCUT2D eigenvalue weighted by Crippen LogP contribution is -2.12. The summed E-state index contributed by atoms with van der Waals surface area (Å²) >= 11 is 0. The smallest absolute Gasteiger partial charge is 0.224 e. The van der Waals surface area contributed by atoms with Crippen molar-refractivity contribution >= 4 is 11.6 Å². The highest BCUT2D eigenvalue weighted by Crippen LogP contribution is 2.16. The number of aryl methyl sites for hydroxylation is 2. The Kier molecular flexibility index (Phi) is 5.70. The Morgan fingerprint density at radius 2 is 2.00 bits per heavy atom. The summed E-state index contributed by atoms with van der Waals surface area (Å²) in [7, 11) is 0. The Bertz CT molecular complexity index is 374. The zero-order valence-corrected chi connectivity index (χ0v) is 10.8. The highest BCUT2D eigenvalue weighted by Gasteiger charge is 2.04. The fourth-order valence-corrected chi connectivity index (χ4v) is 1.69. The number of hydrogen-bond donors (Lipinski definition) is 2. The third-order valence-electron chi connectivity index (χ3n) is 2.78. The molecule has 0 spiro atoms. The van der Waals surface area contributed by atoms with E-state index in [2.05, 4.69) is 5.32 Å². The highest BCUT2D eigenvalue weighted by atomic mass is 16.1. The normalized spacial score (nSPS) is 10.3. The molecule has 17 heavy (non-hydrogen) atoms. The van der Waals surface area contributed by atoms with E-state index in [1.54, 1.807) is 0 Å². The molecule has 0 aliphatic heterocycles. The van der Waals surface area contributed by atoms with Gasteiger partial charge < -0.3 is 11.1 Å². The molecule has 3 heteroatoms. The predicted octanol–water partition coefficient (Wildman–Crippen LogP) is 2.76. The average Bonchev–Trinajstić information content (AvgIpc) is 2.29. The molecule has 0 saturated carbocycles. The molecule has 1 aromatic carbocycles. The molecular weight excluding hydrogens is 212 g/mol. The van der Waals surface area contributed by atoms with Gasteiger partial charge in [-0.05, 0) is 50.4 Å². The Balaban J connectivity index is 2.42. The van der Waals surface area contributed by atoms with Gasteiger partial charge in [0.05, 0.1) is 0 Å². The number of amides is 1. The minimum Gasteiger partial charge on any atom is -0.330 e. The van der Waals surface area contributed by atoms with E-state index in [1.807, 2.05) is 32.0 Å². The first-order valence-electron chi connectivity index (χ1n) is 6.20. The van der Waals surface area contributed by atoms with Crippen molar-refractivity contribution in [1.29, 1.82) is 0 Å². The SMILES string of the molecule is Cc1ccc(C)c(NC(=O)CCCCCN)c1. The first-order chi connectivity index (χ1) is 8.13. The zero-order chi connectivity index (χ0) is 12.7. The summed E-state index contributed by atoms with van der Waals surface area (Å²) in [6.45, 7) is 4.73. The molecule has 1 rings (SSSR count). The standard InChI is InChI=1S/C14H22N2O/c1-11-7-8-12(2)13(10-11)16-14(17)6-4-3-5-9-15/h7-8,10H,3-6,9,15H2,1-2H3,(H,16,17). The van der Waals surface area contributed by atoms with Crippen molar-refractivity contribution in [3.8, 4) is 0 Å². The largest absolute Gasteiger partial charge is 0.330 e. The number of rotatable bonds is 6. The Morgan fingerprint density at radius 1 is 1.24 bits per heavy atom. The lowest BCUT2D eigenvalue weighted by Gasteiger charge is -2.09. The van der Waals surface area contributed by atoms with Crippen LogP contribution in [0, 0.1) is 13.8 Å². The van der Waals surface area contributed by atoms with Gasteiger partial charge in [-0.3, -0.25) is 4.79 Å². The predicted molar refractivity (Wildman–Crippen MR) is 72.1 cm³/mol.